The summed E-state index contributed by atoms with van der Waals surface area (Å²) in [5.74, 6) is 0.104. The van der Waals surface area contributed by atoms with Gasteiger partial charge in [0.25, 0.3) is 5.91 Å². The summed E-state index contributed by atoms with van der Waals surface area (Å²) in [4.78, 5) is 14.4. The lowest BCUT2D eigenvalue weighted by molar-refractivity contribution is 0.0708. The van der Waals surface area contributed by atoms with E-state index in [-0.39, 0.29) is 24.4 Å². The van der Waals surface area contributed by atoms with E-state index in [0.29, 0.717) is 6.04 Å². The van der Waals surface area contributed by atoms with Crippen molar-refractivity contribution < 1.29 is 4.79 Å². The summed E-state index contributed by atoms with van der Waals surface area (Å²) in [6, 6.07) is 0.650. The summed E-state index contributed by atoms with van der Waals surface area (Å²) in [5, 5.41) is 7.65. The number of carbonyl (C=O) groups excluding carboxylic acids is 1. The fourth-order valence-corrected chi connectivity index (χ4v) is 2.44. The van der Waals surface area contributed by atoms with Gasteiger partial charge in [0.2, 0.25) is 0 Å². The van der Waals surface area contributed by atoms with Crippen molar-refractivity contribution in [1.29, 1.82) is 0 Å². The zero-order chi connectivity index (χ0) is 13.3. The lowest BCUT2D eigenvalue weighted by atomic mass is 10.1. The van der Waals surface area contributed by atoms with E-state index in [9.17, 15) is 4.79 Å². The van der Waals surface area contributed by atoms with Crippen molar-refractivity contribution in [1.82, 2.24) is 20.0 Å². The van der Waals surface area contributed by atoms with Gasteiger partial charge in [-0.25, -0.2) is 0 Å². The van der Waals surface area contributed by atoms with Crippen LogP contribution < -0.4 is 5.32 Å². The lowest BCUT2D eigenvalue weighted by Gasteiger charge is -2.31. The van der Waals surface area contributed by atoms with E-state index in [2.05, 4.69) is 31.2 Å². The molecule has 1 N–H and O–H groups in total. The first kappa shape index (κ1) is 16.0. The second-order valence-electron chi connectivity index (χ2n) is 5.29. The summed E-state index contributed by atoms with van der Waals surface area (Å²) in [7, 11) is 0. The molecule has 1 aromatic heterocycles. The van der Waals surface area contributed by atoms with Crippen LogP contribution in [0.1, 0.15) is 42.9 Å². The molecule has 1 fully saturated rings. The molecule has 0 aliphatic carbocycles. The van der Waals surface area contributed by atoms with Gasteiger partial charge in [-0.15, -0.1) is 12.4 Å². The van der Waals surface area contributed by atoms with Crippen molar-refractivity contribution in [3.8, 4) is 0 Å². The van der Waals surface area contributed by atoms with Crippen LogP contribution in [0, 0.1) is 6.92 Å². The summed E-state index contributed by atoms with van der Waals surface area (Å²) >= 11 is 0. The molecular weight excluding hydrogens is 264 g/mol. The van der Waals surface area contributed by atoms with Gasteiger partial charge in [-0.3, -0.25) is 9.48 Å². The number of hydrogen-bond acceptors (Lipinski definition) is 3. The Balaban J connectivity index is 0.00000180. The molecule has 1 atom stereocenters. The lowest BCUT2D eigenvalue weighted by Crippen LogP contribution is -2.51. The van der Waals surface area contributed by atoms with Gasteiger partial charge in [-0.2, -0.15) is 5.10 Å². The van der Waals surface area contributed by atoms with E-state index < -0.39 is 0 Å². The summed E-state index contributed by atoms with van der Waals surface area (Å²) < 4.78 is 1.90. The number of aromatic nitrogens is 2. The van der Waals surface area contributed by atoms with E-state index in [4.69, 9.17) is 0 Å². The Labute approximate surface area is 120 Å². The van der Waals surface area contributed by atoms with Crippen molar-refractivity contribution in [2.75, 3.05) is 19.6 Å². The van der Waals surface area contributed by atoms with Gasteiger partial charge in [0.1, 0.15) is 0 Å². The third-order valence-electron chi connectivity index (χ3n) is 3.42. The minimum absolute atomic E-state index is 0. The number of carbonyl (C=O) groups is 1. The maximum atomic E-state index is 12.4. The quantitative estimate of drug-likeness (QED) is 0.899. The second-order valence-corrected chi connectivity index (χ2v) is 5.29. The monoisotopic (exact) mass is 286 g/mol. The molecule has 0 bridgehead atoms. The standard InChI is InChI=1S/C13H22N4O.ClH/c1-9(2)17-11(4)12(7-15-17)13(18)16-6-5-14-10(3)8-16;/h7,9-10,14H,5-6,8H2,1-4H3;1H/t10-;/m1./s1. The van der Waals surface area contributed by atoms with Crippen molar-refractivity contribution in [2.45, 2.75) is 39.8 Å². The van der Waals surface area contributed by atoms with Gasteiger partial charge in [0.05, 0.1) is 11.8 Å². The summed E-state index contributed by atoms with van der Waals surface area (Å²) in [6.07, 6.45) is 1.70. The smallest absolute Gasteiger partial charge is 0.257 e. The van der Waals surface area contributed by atoms with Gasteiger partial charge in [0, 0.05) is 37.4 Å². The van der Waals surface area contributed by atoms with E-state index >= 15 is 0 Å². The predicted molar refractivity (Wildman–Crippen MR) is 78.0 cm³/mol. The van der Waals surface area contributed by atoms with Gasteiger partial charge in [0.15, 0.2) is 0 Å². The molecule has 2 heterocycles. The van der Waals surface area contributed by atoms with Crippen LogP contribution >= 0.6 is 12.4 Å². The van der Waals surface area contributed by atoms with E-state index in [1.54, 1.807) is 6.20 Å². The Bertz CT molecular complexity index is 444. The Morgan fingerprint density at radius 3 is 2.74 bits per heavy atom. The third-order valence-corrected chi connectivity index (χ3v) is 3.42. The third kappa shape index (κ3) is 3.28. The first-order chi connectivity index (χ1) is 8.50. The van der Waals surface area contributed by atoms with Crippen LogP contribution in [0.2, 0.25) is 0 Å². The fraction of sp³-hybridized carbons (Fsp3) is 0.692. The number of amides is 1. The van der Waals surface area contributed by atoms with Crippen LogP contribution in [0.15, 0.2) is 6.20 Å². The molecule has 1 saturated heterocycles. The molecule has 1 aliphatic rings. The Morgan fingerprint density at radius 2 is 2.21 bits per heavy atom. The number of nitrogens with zero attached hydrogens (tertiary/aromatic N) is 3. The van der Waals surface area contributed by atoms with Crippen LogP contribution in [0.5, 0.6) is 0 Å². The SMILES string of the molecule is Cc1c(C(=O)N2CCN[C@H](C)C2)cnn1C(C)C.Cl. The maximum Gasteiger partial charge on any atom is 0.257 e. The second kappa shape index (κ2) is 6.39. The molecule has 5 nitrogen and oxygen atoms in total. The average Bonchev–Trinajstić information content (AvgIpc) is 2.70. The van der Waals surface area contributed by atoms with Crippen molar-refractivity contribution in [3.63, 3.8) is 0 Å². The molecule has 108 valence electrons. The number of rotatable bonds is 2. The molecule has 1 aromatic rings. The highest BCUT2D eigenvalue weighted by molar-refractivity contribution is 5.95. The van der Waals surface area contributed by atoms with Crippen LogP contribution in [0.4, 0.5) is 0 Å². The number of halogens is 1. The zero-order valence-electron chi connectivity index (χ0n) is 12.0. The van der Waals surface area contributed by atoms with Crippen LogP contribution in [-0.2, 0) is 0 Å². The zero-order valence-corrected chi connectivity index (χ0v) is 12.8. The molecule has 2 rings (SSSR count). The van der Waals surface area contributed by atoms with Crippen molar-refractivity contribution in [2.24, 2.45) is 0 Å². The Morgan fingerprint density at radius 1 is 1.53 bits per heavy atom. The predicted octanol–water partition coefficient (Wildman–Crippen LogP) is 1.63. The molecule has 0 saturated carbocycles. The van der Waals surface area contributed by atoms with Gasteiger partial charge in [-0.05, 0) is 27.7 Å². The van der Waals surface area contributed by atoms with E-state index in [1.165, 1.54) is 0 Å². The highest BCUT2D eigenvalue weighted by atomic mass is 35.5. The minimum Gasteiger partial charge on any atom is -0.336 e. The summed E-state index contributed by atoms with van der Waals surface area (Å²) in [6.45, 7) is 10.6. The molecule has 1 aliphatic heterocycles. The van der Waals surface area contributed by atoms with Crippen LogP contribution in [0.3, 0.4) is 0 Å². The van der Waals surface area contributed by atoms with Gasteiger partial charge in [-0.1, -0.05) is 0 Å². The average molecular weight is 287 g/mol. The molecule has 0 radical (unpaired) electrons. The Kier molecular flexibility index (Phi) is 5.38. The summed E-state index contributed by atoms with van der Waals surface area (Å²) in [5.41, 5.74) is 1.69. The van der Waals surface area contributed by atoms with Gasteiger partial charge < -0.3 is 10.2 Å². The first-order valence-electron chi connectivity index (χ1n) is 6.57. The maximum absolute atomic E-state index is 12.4. The molecule has 19 heavy (non-hydrogen) atoms. The first-order valence-corrected chi connectivity index (χ1v) is 6.57. The number of hydrogen-bond donors (Lipinski definition) is 1. The van der Waals surface area contributed by atoms with Crippen LogP contribution in [-0.4, -0.2) is 46.3 Å². The number of nitrogens with one attached hydrogen (secondary N) is 1. The van der Waals surface area contributed by atoms with Crippen molar-refractivity contribution in [3.05, 3.63) is 17.5 Å². The normalized spacial score (nSPS) is 19.4. The van der Waals surface area contributed by atoms with Crippen LogP contribution in [0.25, 0.3) is 0 Å². The van der Waals surface area contributed by atoms with Gasteiger partial charge >= 0.3 is 0 Å². The molecule has 0 spiro atoms. The molecule has 0 aromatic carbocycles. The van der Waals surface area contributed by atoms with Crippen molar-refractivity contribution >= 4 is 18.3 Å². The largest absolute Gasteiger partial charge is 0.336 e. The highest BCUT2D eigenvalue weighted by Gasteiger charge is 2.24. The molecular formula is C13H23ClN4O. The Hall–Kier alpha value is -1.07. The molecule has 1 amide bonds. The molecule has 0 unspecified atom stereocenters. The minimum atomic E-state index is 0. The van der Waals surface area contributed by atoms with E-state index in [1.807, 2.05) is 16.5 Å². The topological polar surface area (TPSA) is 50.2 Å². The fourth-order valence-electron chi connectivity index (χ4n) is 2.44. The number of piperazine rings is 1. The van der Waals surface area contributed by atoms with E-state index in [0.717, 1.165) is 30.9 Å². The highest BCUT2D eigenvalue weighted by Crippen LogP contribution is 2.15. The molecule has 6 heteroatoms.